The van der Waals surface area contributed by atoms with Crippen molar-refractivity contribution >= 4 is 23.9 Å². The van der Waals surface area contributed by atoms with Crippen LogP contribution in [0.1, 0.15) is 48.6 Å². The second kappa shape index (κ2) is 8.66. The summed E-state index contributed by atoms with van der Waals surface area (Å²) in [6.45, 7) is 0. The molecule has 8 nitrogen and oxygen atoms in total. The van der Waals surface area contributed by atoms with Crippen molar-refractivity contribution < 1.29 is 39.6 Å². The van der Waals surface area contributed by atoms with Gasteiger partial charge in [0.1, 0.15) is 0 Å². The van der Waals surface area contributed by atoms with Crippen molar-refractivity contribution in [3.05, 3.63) is 35.4 Å². The maximum Gasteiger partial charge on any atom is 0.310 e. The van der Waals surface area contributed by atoms with Gasteiger partial charge in [-0.05, 0) is 24.0 Å². The minimum atomic E-state index is -1.16. The fourth-order valence-electron chi connectivity index (χ4n) is 2.36. The molecule has 0 heterocycles. The van der Waals surface area contributed by atoms with Crippen LogP contribution in [-0.4, -0.2) is 44.3 Å². The first-order valence-electron chi connectivity index (χ1n) is 7.21. The zero-order valence-corrected chi connectivity index (χ0v) is 12.7. The Morgan fingerprint density at radius 2 is 0.958 bits per heavy atom. The molecule has 1 aromatic rings. The van der Waals surface area contributed by atoms with Crippen molar-refractivity contribution in [1.29, 1.82) is 0 Å². The molecule has 0 spiro atoms. The van der Waals surface area contributed by atoms with Gasteiger partial charge in [-0.3, -0.25) is 19.2 Å². The molecule has 4 N–H and O–H groups in total. The molecule has 24 heavy (non-hydrogen) atoms. The molecule has 0 fully saturated rings. The molecule has 0 amide bonds. The number of hydrogen-bond acceptors (Lipinski definition) is 4. The van der Waals surface area contributed by atoms with Gasteiger partial charge in [0.25, 0.3) is 0 Å². The van der Waals surface area contributed by atoms with Crippen molar-refractivity contribution in [2.45, 2.75) is 37.5 Å². The monoisotopic (exact) mass is 338 g/mol. The van der Waals surface area contributed by atoms with Crippen molar-refractivity contribution in [2.75, 3.05) is 0 Å². The topological polar surface area (TPSA) is 149 Å². The molecule has 2 unspecified atom stereocenters. The molecule has 0 aromatic heterocycles. The zero-order chi connectivity index (χ0) is 18.3. The molecular formula is C16H18O8. The van der Waals surface area contributed by atoms with Gasteiger partial charge in [0.05, 0.1) is 11.8 Å². The van der Waals surface area contributed by atoms with Crippen LogP contribution in [-0.2, 0) is 19.2 Å². The third-order valence-electron chi connectivity index (χ3n) is 3.63. The summed E-state index contributed by atoms with van der Waals surface area (Å²) in [5.74, 6) is -6.53. The van der Waals surface area contributed by atoms with Crippen LogP contribution in [0.2, 0.25) is 0 Å². The lowest BCUT2D eigenvalue weighted by atomic mass is 9.89. The quantitative estimate of drug-likeness (QED) is 0.504. The van der Waals surface area contributed by atoms with E-state index in [0.29, 0.717) is 11.1 Å². The molecule has 0 radical (unpaired) electrons. The predicted molar refractivity (Wildman–Crippen MR) is 80.9 cm³/mol. The summed E-state index contributed by atoms with van der Waals surface area (Å²) in [6, 6.07) is 5.75. The standard InChI is InChI=1S/C16H18O8/c17-13(18)7-5-11(15(21)22)9-1-2-10(4-3-9)12(16(23)24)6-8-14(19)20/h1-4,11-12H,5-8H2,(H,17,18)(H,19,20)(H,21,22)(H,23,24). The predicted octanol–water partition coefficient (Wildman–Crippen LogP) is 1.75. The first kappa shape index (κ1) is 19.1. The highest BCUT2D eigenvalue weighted by Crippen LogP contribution is 2.26. The van der Waals surface area contributed by atoms with Crippen LogP contribution in [0.15, 0.2) is 24.3 Å². The van der Waals surface area contributed by atoms with Crippen molar-refractivity contribution in [1.82, 2.24) is 0 Å². The highest BCUT2D eigenvalue weighted by Gasteiger charge is 2.24. The van der Waals surface area contributed by atoms with Gasteiger partial charge in [0.2, 0.25) is 0 Å². The molecule has 0 saturated carbocycles. The van der Waals surface area contributed by atoms with Gasteiger partial charge in [0, 0.05) is 12.8 Å². The van der Waals surface area contributed by atoms with Crippen molar-refractivity contribution in [2.24, 2.45) is 0 Å². The maximum atomic E-state index is 11.3. The van der Waals surface area contributed by atoms with Crippen LogP contribution < -0.4 is 0 Å². The normalized spacial score (nSPS) is 13.0. The van der Waals surface area contributed by atoms with Gasteiger partial charge in [-0.15, -0.1) is 0 Å². The van der Waals surface area contributed by atoms with E-state index in [1.165, 1.54) is 24.3 Å². The number of aliphatic carboxylic acids is 4. The van der Waals surface area contributed by atoms with Gasteiger partial charge in [-0.1, -0.05) is 24.3 Å². The molecular weight excluding hydrogens is 320 g/mol. The molecule has 0 aliphatic carbocycles. The van der Waals surface area contributed by atoms with E-state index in [4.69, 9.17) is 10.2 Å². The van der Waals surface area contributed by atoms with Crippen LogP contribution >= 0.6 is 0 Å². The molecule has 8 heteroatoms. The highest BCUT2D eigenvalue weighted by atomic mass is 16.4. The first-order chi connectivity index (χ1) is 11.2. The Hall–Kier alpha value is -2.90. The summed E-state index contributed by atoms with van der Waals surface area (Å²) in [5, 5.41) is 35.7. The van der Waals surface area contributed by atoms with Crippen molar-refractivity contribution in [3.8, 4) is 0 Å². The number of carbonyl (C=O) groups is 4. The highest BCUT2D eigenvalue weighted by molar-refractivity contribution is 5.79. The minimum Gasteiger partial charge on any atom is -0.481 e. The summed E-state index contributed by atoms with van der Waals surface area (Å²) in [4.78, 5) is 43.7. The van der Waals surface area contributed by atoms with E-state index in [0.717, 1.165) is 0 Å². The molecule has 0 aliphatic heterocycles. The third-order valence-corrected chi connectivity index (χ3v) is 3.63. The summed E-state index contributed by atoms with van der Waals surface area (Å²) < 4.78 is 0. The molecule has 0 saturated heterocycles. The summed E-state index contributed by atoms with van der Waals surface area (Å²) in [7, 11) is 0. The number of rotatable bonds is 10. The lowest BCUT2D eigenvalue weighted by Gasteiger charge is -2.15. The Morgan fingerprint density at radius 1 is 0.667 bits per heavy atom. The Morgan fingerprint density at radius 3 is 1.17 bits per heavy atom. The third kappa shape index (κ3) is 5.71. The SMILES string of the molecule is O=C(O)CCC(C(=O)O)c1ccc(C(CCC(=O)O)C(=O)O)cc1. The molecule has 0 bridgehead atoms. The van der Waals surface area contributed by atoms with Crippen LogP contribution in [0.3, 0.4) is 0 Å². The second-order valence-corrected chi connectivity index (χ2v) is 5.31. The summed E-state index contributed by atoms with van der Waals surface area (Å²) >= 11 is 0. The zero-order valence-electron chi connectivity index (χ0n) is 12.7. The maximum absolute atomic E-state index is 11.3. The largest absolute Gasteiger partial charge is 0.481 e. The van der Waals surface area contributed by atoms with Gasteiger partial charge in [-0.2, -0.15) is 0 Å². The van der Waals surface area contributed by atoms with Crippen LogP contribution in [0.25, 0.3) is 0 Å². The Kier molecular flexibility index (Phi) is 6.91. The van der Waals surface area contributed by atoms with Crippen LogP contribution in [0, 0.1) is 0 Å². The molecule has 2 atom stereocenters. The fourth-order valence-corrected chi connectivity index (χ4v) is 2.36. The van der Waals surface area contributed by atoms with Gasteiger partial charge in [-0.25, -0.2) is 0 Å². The van der Waals surface area contributed by atoms with Gasteiger partial charge < -0.3 is 20.4 Å². The number of carboxylic acid groups (broad SMARTS) is 4. The first-order valence-corrected chi connectivity index (χ1v) is 7.21. The number of hydrogen-bond donors (Lipinski definition) is 4. The van der Waals surface area contributed by atoms with Crippen LogP contribution in [0.5, 0.6) is 0 Å². The molecule has 130 valence electrons. The van der Waals surface area contributed by atoms with E-state index in [1.54, 1.807) is 0 Å². The lowest BCUT2D eigenvalue weighted by Crippen LogP contribution is -2.15. The van der Waals surface area contributed by atoms with E-state index in [2.05, 4.69) is 0 Å². The van der Waals surface area contributed by atoms with Gasteiger partial charge >= 0.3 is 23.9 Å². The second-order valence-electron chi connectivity index (χ2n) is 5.31. The van der Waals surface area contributed by atoms with Gasteiger partial charge in [0.15, 0.2) is 0 Å². The average molecular weight is 338 g/mol. The van der Waals surface area contributed by atoms with E-state index >= 15 is 0 Å². The van der Waals surface area contributed by atoms with Crippen molar-refractivity contribution in [3.63, 3.8) is 0 Å². The summed E-state index contributed by atoms with van der Waals surface area (Å²) in [6.07, 6.45) is -0.749. The minimum absolute atomic E-state index is 0.0780. The van der Waals surface area contributed by atoms with E-state index < -0.39 is 35.7 Å². The number of benzene rings is 1. The van der Waals surface area contributed by atoms with E-state index in [9.17, 15) is 29.4 Å². The Bertz CT molecular complexity index is 564. The van der Waals surface area contributed by atoms with Crippen LogP contribution in [0.4, 0.5) is 0 Å². The fraction of sp³-hybridized carbons (Fsp3) is 0.375. The van der Waals surface area contributed by atoms with E-state index in [-0.39, 0.29) is 25.7 Å². The Labute approximate surface area is 137 Å². The molecule has 0 aliphatic rings. The molecule has 1 rings (SSSR count). The lowest BCUT2D eigenvalue weighted by molar-refractivity contribution is -0.142. The van der Waals surface area contributed by atoms with E-state index in [1.807, 2.05) is 0 Å². The summed E-state index contributed by atoms with van der Waals surface area (Å²) in [5.41, 5.74) is 0.741. The average Bonchev–Trinajstić information content (AvgIpc) is 2.47. The number of carboxylic acids is 4. The smallest absolute Gasteiger partial charge is 0.310 e. The Balaban J connectivity index is 2.95. The molecule has 1 aromatic carbocycles.